The van der Waals surface area contributed by atoms with Crippen LogP contribution in [0.15, 0.2) is 134 Å². The Morgan fingerprint density at radius 2 is 0.727 bits per heavy atom. The Hall–Kier alpha value is -5.62. The van der Waals surface area contributed by atoms with Gasteiger partial charge in [-0.15, -0.1) is 0 Å². The van der Waals surface area contributed by atoms with Gasteiger partial charge < -0.3 is 18.9 Å². The predicted molar refractivity (Wildman–Crippen MR) is 173 cm³/mol. The molecule has 0 aliphatic carbocycles. The maximum atomic E-state index is 13.2. The van der Waals surface area contributed by atoms with Crippen LogP contribution in [0.25, 0.3) is 12.2 Å². The summed E-state index contributed by atoms with van der Waals surface area (Å²) in [5.41, 5.74) is 3.66. The fraction of sp³-hybridized carbons (Fsp3) is 0.105. The minimum atomic E-state index is -0.219. The van der Waals surface area contributed by atoms with Gasteiger partial charge in [0.05, 0.1) is 11.1 Å². The SMILES string of the molecule is C=C1COc2ccccc2/C=C/C(=O)c2ccccc2OCC(=C)COc2ccccc2C(=O)/C=C/c2ccccc2OC1. The van der Waals surface area contributed by atoms with Crippen LogP contribution in [0, 0.1) is 0 Å². The fourth-order valence-electron chi connectivity index (χ4n) is 4.40. The Morgan fingerprint density at radius 3 is 1.14 bits per heavy atom. The summed E-state index contributed by atoms with van der Waals surface area (Å²) >= 11 is 0. The van der Waals surface area contributed by atoms with Crippen LogP contribution in [-0.2, 0) is 0 Å². The molecule has 1 aliphatic heterocycles. The van der Waals surface area contributed by atoms with Crippen LogP contribution in [-0.4, -0.2) is 38.0 Å². The lowest BCUT2D eigenvalue weighted by Gasteiger charge is -2.14. The third-order valence-corrected chi connectivity index (χ3v) is 6.70. The van der Waals surface area contributed by atoms with Gasteiger partial charge in [0.15, 0.2) is 11.6 Å². The highest BCUT2D eigenvalue weighted by Gasteiger charge is 2.13. The van der Waals surface area contributed by atoms with E-state index in [-0.39, 0.29) is 38.0 Å². The van der Waals surface area contributed by atoms with Crippen LogP contribution in [0.5, 0.6) is 23.0 Å². The number of carbonyl (C=O) groups excluding carboxylic acids is 2. The first-order valence-corrected chi connectivity index (χ1v) is 14.1. The van der Waals surface area contributed by atoms with Gasteiger partial charge in [0.25, 0.3) is 0 Å². The summed E-state index contributed by atoms with van der Waals surface area (Å²) < 4.78 is 24.0. The van der Waals surface area contributed by atoms with Crippen LogP contribution in [0.1, 0.15) is 31.8 Å². The molecule has 0 bridgehead atoms. The fourth-order valence-corrected chi connectivity index (χ4v) is 4.40. The molecule has 0 atom stereocenters. The minimum Gasteiger partial charge on any atom is -0.489 e. The summed E-state index contributed by atoms with van der Waals surface area (Å²) in [6.07, 6.45) is 6.44. The van der Waals surface area contributed by atoms with E-state index in [1.54, 1.807) is 60.7 Å². The number of rotatable bonds is 0. The van der Waals surface area contributed by atoms with E-state index in [2.05, 4.69) is 13.2 Å². The van der Waals surface area contributed by atoms with E-state index >= 15 is 0 Å². The van der Waals surface area contributed by atoms with E-state index in [9.17, 15) is 9.59 Å². The monoisotopic (exact) mass is 584 g/mol. The smallest absolute Gasteiger partial charge is 0.189 e. The molecule has 0 N–H and O–H groups in total. The molecule has 1 aliphatic rings. The molecular formula is C38H32O6. The first-order chi connectivity index (χ1) is 21.5. The van der Waals surface area contributed by atoms with E-state index in [0.29, 0.717) is 45.3 Å². The molecule has 0 unspecified atom stereocenters. The van der Waals surface area contributed by atoms with Crippen LogP contribution < -0.4 is 18.9 Å². The Morgan fingerprint density at radius 1 is 0.409 bits per heavy atom. The Bertz CT molecular complexity index is 1620. The van der Waals surface area contributed by atoms with E-state index in [4.69, 9.17) is 18.9 Å². The first-order valence-electron chi connectivity index (χ1n) is 14.1. The summed E-state index contributed by atoms with van der Waals surface area (Å²) in [6, 6.07) is 29.0. The highest BCUT2D eigenvalue weighted by Crippen LogP contribution is 2.25. The predicted octanol–water partition coefficient (Wildman–Crippen LogP) is 7.82. The standard InChI is InChI=1S/C38H32O6/c1-27-23-41-35-15-7-3-11-29(35)19-21-33(39)31-13-5-9-17-37(31)43-25-28(2)26-44-38-18-10-6-14-32(38)34(40)22-20-30-12-4-8-16-36(30)42-24-27/h3-22H,1-2,23-26H2/b21-19+,22-20+. The molecule has 0 fully saturated rings. The van der Waals surface area contributed by atoms with Gasteiger partial charge >= 0.3 is 0 Å². The highest BCUT2D eigenvalue weighted by molar-refractivity contribution is 6.09. The normalized spacial score (nSPS) is 16.2. The molecule has 6 nitrogen and oxygen atoms in total. The number of ether oxygens (including phenoxy) is 4. The van der Waals surface area contributed by atoms with Crippen molar-refractivity contribution in [2.45, 2.75) is 0 Å². The lowest BCUT2D eigenvalue weighted by atomic mass is 10.1. The van der Waals surface area contributed by atoms with Crippen molar-refractivity contribution < 1.29 is 28.5 Å². The van der Waals surface area contributed by atoms with Crippen molar-refractivity contribution in [3.63, 3.8) is 0 Å². The van der Waals surface area contributed by atoms with Crippen molar-refractivity contribution in [3.8, 4) is 23.0 Å². The van der Waals surface area contributed by atoms with Crippen LogP contribution in [0.3, 0.4) is 0 Å². The zero-order chi connectivity index (χ0) is 30.7. The molecule has 0 amide bonds. The van der Waals surface area contributed by atoms with Gasteiger partial charge in [-0.2, -0.15) is 0 Å². The van der Waals surface area contributed by atoms with Gasteiger partial charge in [-0.3, -0.25) is 9.59 Å². The zero-order valence-electron chi connectivity index (χ0n) is 24.2. The molecule has 1 heterocycles. The molecule has 44 heavy (non-hydrogen) atoms. The average molecular weight is 585 g/mol. The highest BCUT2D eigenvalue weighted by atomic mass is 16.5. The number of fused-ring (bicyclic) bond motifs is 4. The third kappa shape index (κ3) is 7.81. The topological polar surface area (TPSA) is 71.1 Å². The molecule has 6 heteroatoms. The van der Waals surface area contributed by atoms with Crippen molar-refractivity contribution in [1.82, 2.24) is 0 Å². The maximum Gasteiger partial charge on any atom is 0.189 e. The largest absolute Gasteiger partial charge is 0.489 e. The zero-order valence-corrected chi connectivity index (χ0v) is 24.2. The van der Waals surface area contributed by atoms with Gasteiger partial charge in [0.1, 0.15) is 49.4 Å². The van der Waals surface area contributed by atoms with Crippen molar-refractivity contribution in [2.75, 3.05) is 26.4 Å². The first kappa shape index (κ1) is 29.9. The summed E-state index contributed by atoms with van der Waals surface area (Å²) in [7, 11) is 0. The number of hydrogen-bond acceptors (Lipinski definition) is 6. The lowest BCUT2D eigenvalue weighted by molar-refractivity contribution is 0.103. The lowest BCUT2D eigenvalue weighted by Crippen LogP contribution is -2.11. The minimum absolute atomic E-state index is 0.126. The van der Waals surface area contributed by atoms with Crippen molar-refractivity contribution in [2.24, 2.45) is 0 Å². The number of ketones is 2. The second-order valence-corrected chi connectivity index (χ2v) is 10.1. The van der Waals surface area contributed by atoms with E-state index < -0.39 is 0 Å². The van der Waals surface area contributed by atoms with Gasteiger partial charge in [-0.25, -0.2) is 0 Å². The molecule has 4 aromatic rings. The molecular weight excluding hydrogens is 552 g/mol. The summed E-state index contributed by atoms with van der Waals surface area (Å²) in [5, 5.41) is 0. The van der Waals surface area contributed by atoms with E-state index in [0.717, 1.165) is 11.1 Å². The summed E-state index contributed by atoms with van der Waals surface area (Å²) in [5.74, 6) is 1.64. The molecule has 5 rings (SSSR count). The second-order valence-electron chi connectivity index (χ2n) is 10.1. The van der Waals surface area contributed by atoms with Crippen molar-refractivity contribution in [1.29, 1.82) is 0 Å². The maximum absolute atomic E-state index is 13.2. The van der Waals surface area contributed by atoms with Crippen molar-refractivity contribution in [3.05, 3.63) is 156 Å². The Balaban J connectivity index is 1.43. The molecule has 0 spiro atoms. The van der Waals surface area contributed by atoms with Gasteiger partial charge in [-0.1, -0.05) is 73.8 Å². The molecule has 0 saturated carbocycles. The number of carbonyl (C=O) groups is 2. The van der Waals surface area contributed by atoms with Gasteiger partial charge in [0.2, 0.25) is 0 Å². The van der Waals surface area contributed by atoms with E-state index in [1.165, 1.54) is 12.2 Å². The summed E-state index contributed by atoms with van der Waals surface area (Å²) in [4.78, 5) is 26.4. The number of hydrogen-bond donors (Lipinski definition) is 0. The third-order valence-electron chi connectivity index (χ3n) is 6.70. The van der Waals surface area contributed by atoms with Crippen LogP contribution >= 0.6 is 0 Å². The Labute approximate surface area is 257 Å². The molecule has 4 aromatic carbocycles. The second kappa shape index (κ2) is 14.5. The van der Waals surface area contributed by atoms with Crippen LogP contribution in [0.2, 0.25) is 0 Å². The van der Waals surface area contributed by atoms with Gasteiger partial charge in [0, 0.05) is 11.1 Å². The quantitative estimate of drug-likeness (QED) is 0.196. The average Bonchev–Trinajstić information content (AvgIpc) is 3.06. The number of allylic oxidation sites excluding steroid dienone is 2. The van der Waals surface area contributed by atoms with Gasteiger partial charge in [-0.05, 0) is 71.8 Å². The van der Waals surface area contributed by atoms with Crippen molar-refractivity contribution >= 4 is 23.7 Å². The Kier molecular flexibility index (Phi) is 9.85. The molecule has 0 radical (unpaired) electrons. The van der Waals surface area contributed by atoms with Crippen LogP contribution in [0.4, 0.5) is 0 Å². The molecule has 220 valence electrons. The molecule has 0 aromatic heterocycles. The molecule has 0 saturated heterocycles. The number of para-hydroxylation sites is 4. The summed E-state index contributed by atoms with van der Waals surface area (Å²) in [6.45, 7) is 8.84. The number of benzene rings is 4. The van der Waals surface area contributed by atoms with E-state index in [1.807, 2.05) is 48.5 Å².